The van der Waals surface area contributed by atoms with E-state index in [0.29, 0.717) is 19.4 Å². The number of carbonyl (C=O) groups excluding carboxylic acids is 1. The maximum absolute atomic E-state index is 12.3. The number of carboxylic acids is 1. The van der Waals surface area contributed by atoms with E-state index in [1.807, 2.05) is 60.7 Å². The van der Waals surface area contributed by atoms with E-state index in [2.05, 4.69) is 29.6 Å². The summed E-state index contributed by atoms with van der Waals surface area (Å²) in [6, 6.07) is 24.0. The molecule has 166 valence electrons. The molecule has 1 fully saturated rings. The molecule has 0 bridgehead atoms. The fourth-order valence-corrected chi connectivity index (χ4v) is 4.78. The summed E-state index contributed by atoms with van der Waals surface area (Å²) in [5, 5.41) is 12.4. The van der Waals surface area contributed by atoms with Gasteiger partial charge in [0.15, 0.2) is 0 Å². The Bertz CT molecular complexity index is 1200. The van der Waals surface area contributed by atoms with Gasteiger partial charge in [-0.2, -0.15) is 0 Å². The third-order valence-electron chi connectivity index (χ3n) is 6.64. The van der Waals surface area contributed by atoms with Gasteiger partial charge in [-0.05, 0) is 46.2 Å². The Balaban J connectivity index is 1.19. The van der Waals surface area contributed by atoms with Crippen LogP contribution in [0.4, 0.5) is 4.79 Å². The van der Waals surface area contributed by atoms with E-state index in [0.717, 1.165) is 11.1 Å². The number of carbonyl (C=O) groups is 2. The van der Waals surface area contributed by atoms with Crippen molar-refractivity contribution in [2.24, 2.45) is 0 Å². The molecule has 2 N–H and O–H groups in total. The average Bonchev–Trinajstić information content (AvgIpc) is 3.59. The van der Waals surface area contributed by atoms with Crippen molar-refractivity contribution in [2.45, 2.75) is 24.2 Å². The fraction of sp³-hybridized carbons (Fsp3) is 0.214. The zero-order chi connectivity index (χ0) is 22.8. The first-order valence-electron chi connectivity index (χ1n) is 11.2. The summed E-state index contributed by atoms with van der Waals surface area (Å²) < 4.78 is 5.55. The van der Waals surface area contributed by atoms with Gasteiger partial charge in [-0.1, -0.05) is 84.9 Å². The summed E-state index contributed by atoms with van der Waals surface area (Å²) in [6.45, 7) is 0.568. The zero-order valence-corrected chi connectivity index (χ0v) is 18.2. The Kier molecular flexibility index (Phi) is 5.47. The number of hydrogen-bond donors (Lipinski definition) is 2. The minimum absolute atomic E-state index is 0.0244. The molecule has 0 radical (unpaired) electrons. The summed E-state index contributed by atoms with van der Waals surface area (Å²) in [5.74, 6) is -0.753. The fourth-order valence-electron chi connectivity index (χ4n) is 4.78. The Morgan fingerprint density at radius 1 is 0.939 bits per heavy atom. The quantitative estimate of drug-likeness (QED) is 0.520. The normalized spacial score (nSPS) is 15.6. The molecule has 0 aliphatic heterocycles. The Morgan fingerprint density at radius 2 is 1.55 bits per heavy atom. The van der Waals surface area contributed by atoms with Crippen molar-refractivity contribution >= 4 is 18.1 Å². The highest BCUT2D eigenvalue weighted by Crippen LogP contribution is 2.49. The van der Waals surface area contributed by atoms with E-state index in [-0.39, 0.29) is 12.5 Å². The van der Waals surface area contributed by atoms with Crippen molar-refractivity contribution in [3.63, 3.8) is 0 Å². The molecule has 5 heteroatoms. The molecule has 33 heavy (non-hydrogen) atoms. The number of nitrogens with one attached hydrogen (secondary N) is 1. The largest absolute Gasteiger partial charge is 0.481 e. The molecular formula is C28H25NO4. The predicted octanol–water partition coefficient (Wildman–Crippen LogP) is 5.35. The minimum Gasteiger partial charge on any atom is -0.481 e. The van der Waals surface area contributed by atoms with Crippen LogP contribution in [0.5, 0.6) is 0 Å². The molecule has 5 rings (SSSR count). The van der Waals surface area contributed by atoms with E-state index in [1.165, 1.54) is 22.3 Å². The molecule has 0 spiro atoms. The maximum atomic E-state index is 12.3. The van der Waals surface area contributed by atoms with Crippen molar-refractivity contribution < 1.29 is 19.4 Å². The van der Waals surface area contributed by atoms with Crippen molar-refractivity contribution in [1.29, 1.82) is 0 Å². The lowest BCUT2D eigenvalue weighted by Gasteiger charge is -2.14. The van der Waals surface area contributed by atoms with Crippen LogP contribution in [-0.4, -0.2) is 30.3 Å². The van der Waals surface area contributed by atoms with Gasteiger partial charge in [0.05, 0.1) is 5.41 Å². The van der Waals surface area contributed by atoms with Crippen LogP contribution in [0.2, 0.25) is 0 Å². The maximum Gasteiger partial charge on any atom is 0.407 e. The molecule has 1 saturated carbocycles. The first-order chi connectivity index (χ1) is 16.1. The van der Waals surface area contributed by atoms with Gasteiger partial charge in [0, 0.05) is 12.5 Å². The minimum atomic E-state index is -0.778. The molecule has 1 amide bonds. The molecular weight excluding hydrogens is 414 g/mol. The molecule has 0 heterocycles. The lowest BCUT2D eigenvalue weighted by Crippen LogP contribution is -2.26. The number of fused-ring (bicyclic) bond motifs is 3. The number of carboxylic acid groups (broad SMARTS) is 1. The summed E-state index contributed by atoms with van der Waals surface area (Å²) in [7, 11) is 0. The van der Waals surface area contributed by atoms with Crippen LogP contribution in [0.1, 0.15) is 41.0 Å². The summed E-state index contributed by atoms with van der Waals surface area (Å²) >= 11 is 0. The first-order valence-corrected chi connectivity index (χ1v) is 11.2. The second-order valence-electron chi connectivity index (χ2n) is 8.58. The van der Waals surface area contributed by atoms with Crippen molar-refractivity contribution in [1.82, 2.24) is 5.32 Å². The molecule has 2 aliphatic rings. The number of hydrogen-bond acceptors (Lipinski definition) is 3. The lowest BCUT2D eigenvalue weighted by molar-refractivity contribution is -0.140. The Labute approximate surface area is 192 Å². The van der Waals surface area contributed by atoms with Gasteiger partial charge in [0.2, 0.25) is 0 Å². The van der Waals surface area contributed by atoms with Crippen LogP contribution >= 0.6 is 0 Å². The number of aliphatic carboxylic acids is 1. The van der Waals surface area contributed by atoms with Gasteiger partial charge in [-0.25, -0.2) is 4.79 Å². The van der Waals surface area contributed by atoms with Gasteiger partial charge in [-0.15, -0.1) is 0 Å². The standard InChI is InChI=1S/C28H25NO4/c30-26(31)28(15-16-28)25-14-6-1-8-19(25)9-7-17-29-27(32)33-18-24-22-12-4-2-10-20(22)21-11-3-5-13-23(21)24/h1-14,24H,15-18H2,(H,29,32)(H,30,31). The van der Waals surface area contributed by atoms with Crippen LogP contribution in [0.15, 0.2) is 78.9 Å². The molecule has 0 aromatic heterocycles. The van der Waals surface area contributed by atoms with Gasteiger partial charge >= 0.3 is 12.1 Å². The van der Waals surface area contributed by atoms with E-state index in [9.17, 15) is 14.7 Å². The van der Waals surface area contributed by atoms with Crippen LogP contribution in [0.3, 0.4) is 0 Å². The zero-order valence-electron chi connectivity index (χ0n) is 18.2. The highest BCUT2D eigenvalue weighted by atomic mass is 16.5. The van der Waals surface area contributed by atoms with Crippen molar-refractivity contribution in [3.05, 3.63) is 101 Å². The van der Waals surface area contributed by atoms with Gasteiger partial charge < -0.3 is 15.2 Å². The van der Waals surface area contributed by atoms with E-state index in [4.69, 9.17) is 4.74 Å². The van der Waals surface area contributed by atoms with Gasteiger partial charge in [0.25, 0.3) is 0 Å². The SMILES string of the molecule is O=C(NCC=Cc1ccccc1C1(C(=O)O)CC1)OCC1c2ccccc2-c2ccccc21. The highest BCUT2D eigenvalue weighted by molar-refractivity contribution is 5.86. The van der Waals surface area contributed by atoms with Crippen LogP contribution in [0, 0.1) is 0 Å². The number of rotatable bonds is 7. The second kappa shape index (κ2) is 8.58. The monoisotopic (exact) mass is 439 g/mol. The molecule has 0 atom stereocenters. The number of benzene rings is 3. The molecule has 2 aliphatic carbocycles. The highest BCUT2D eigenvalue weighted by Gasteiger charge is 2.52. The predicted molar refractivity (Wildman–Crippen MR) is 127 cm³/mol. The van der Waals surface area contributed by atoms with E-state index < -0.39 is 17.5 Å². The van der Waals surface area contributed by atoms with Crippen LogP contribution < -0.4 is 5.32 Å². The van der Waals surface area contributed by atoms with Gasteiger partial charge in [-0.3, -0.25) is 4.79 Å². The Hall–Kier alpha value is -3.86. The number of ether oxygens (including phenoxy) is 1. The molecule has 3 aromatic carbocycles. The summed E-state index contributed by atoms with van der Waals surface area (Å²) in [6.07, 6.45) is 4.52. The summed E-state index contributed by atoms with van der Waals surface area (Å²) in [4.78, 5) is 24.0. The third-order valence-corrected chi connectivity index (χ3v) is 6.64. The lowest BCUT2D eigenvalue weighted by atomic mass is 9.91. The van der Waals surface area contributed by atoms with E-state index >= 15 is 0 Å². The Morgan fingerprint density at radius 3 is 2.18 bits per heavy atom. The number of alkyl carbamates (subject to hydrolysis) is 1. The molecule has 3 aromatic rings. The molecule has 5 nitrogen and oxygen atoms in total. The van der Waals surface area contributed by atoms with E-state index in [1.54, 1.807) is 0 Å². The molecule has 0 saturated heterocycles. The summed E-state index contributed by atoms with van der Waals surface area (Å²) in [5.41, 5.74) is 5.67. The van der Waals surface area contributed by atoms with Crippen LogP contribution in [-0.2, 0) is 14.9 Å². The first kappa shape index (κ1) is 21.0. The van der Waals surface area contributed by atoms with Crippen molar-refractivity contribution in [3.8, 4) is 11.1 Å². The molecule has 0 unspecified atom stereocenters. The van der Waals surface area contributed by atoms with Crippen LogP contribution in [0.25, 0.3) is 17.2 Å². The second-order valence-corrected chi connectivity index (χ2v) is 8.58. The topological polar surface area (TPSA) is 75.6 Å². The number of amides is 1. The third kappa shape index (κ3) is 3.91. The van der Waals surface area contributed by atoms with Crippen molar-refractivity contribution in [2.75, 3.05) is 13.2 Å². The van der Waals surface area contributed by atoms with Gasteiger partial charge in [0.1, 0.15) is 6.61 Å². The average molecular weight is 440 g/mol. The smallest absolute Gasteiger partial charge is 0.407 e.